The highest BCUT2D eigenvalue weighted by Gasteiger charge is 2.27. The Kier molecular flexibility index (Phi) is 4.10. The summed E-state index contributed by atoms with van der Waals surface area (Å²) in [5, 5.41) is 9.33. The van der Waals surface area contributed by atoms with Crippen LogP contribution in [0.2, 0.25) is 0 Å². The number of para-hydroxylation sites is 1. The highest BCUT2D eigenvalue weighted by molar-refractivity contribution is 5.72. The number of rotatable bonds is 2. The predicted molar refractivity (Wildman–Crippen MR) is 76.8 cm³/mol. The van der Waals surface area contributed by atoms with E-state index in [0.717, 1.165) is 13.1 Å². The van der Waals surface area contributed by atoms with E-state index >= 15 is 0 Å². The van der Waals surface area contributed by atoms with Crippen LogP contribution < -0.4 is 4.90 Å². The normalized spacial score (nSPS) is 21.2. The SMILES string of the molecule is Cc1cccc(C)c1N1CCN(C)CC(C(=O)O)C1. The molecule has 4 heteroatoms. The van der Waals surface area contributed by atoms with E-state index in [2.05, 4.69) is 35.8 Å². The van der Waals surface area contributed by atoms with Gasteiger partial charge in [-0.05, 0) is 32.0 Å². The maximum absolute atomic E-state index is 11.3. The van der Waals surface area contributed by atoms with Crippen LogP contribution in [0.4, 0.5) is 5.69 Å². The molecule has 2 rings (SSSR count). The zero-order valence-electron chi connectivity index (χ0n) is 11.9. The second kappa shape index (κ2) is 5.61. The Labute approximate surface area is 114 Å². The molecule has 1 unspecified atom stereocenters. The number of carboxylic acid groups (broad SMARTS) is 1. The van der Waals surface area contributed by atoms with Gasteiger partial charge in [-0.1, -0.05) is 18.2 Å². The fourth-order valence-corrected chi connectivity index (χ4v) is 2.84. The van der Waals surface area contributed by atoms with E-state index in [-0.39, 0.29) is 5.92 Å². The molecule has 1 N–H and O–H groups in total. The third kappa shape index (κ3) is 3.07. The molecule has 0 aromatic heterocycles. The van der Waals surface area contributed by atoms with Gasteiger partial charge < -0.3 is 14.9 Å². The minimum Gasteiger partial charge on any atom is -0.481 e. The Morgan fingerprint density at radius 3 is 2.42 bits per heavy atom. The third-order valence-corrected chi connectivity index (χ3v) is 3.83. The van der Waals surface area contributed by atoms with Crippen LogP contribution in [0.15, 0.2) is 18.2 Å². The molecule has 0 saturated carbocycles. The quantitative estimate of drug-likeness (QED) is 0.882. The number of aliphatic carboxylic acids is 1. The second-order valence-electron chi connectivity index (χ2n) is 5.48. The van der Waals surface area contributed by atoms with Crippen LogP contribution in [0, 0.1) is 19.8 Å². The van der Waals surface area contributed by atoms with Crippen molar-refractivity contribution in [2.45, 2.75) is 13.8 Å². The van der Waals surface area contributed by atoms with Gasteiger partial charge >= 0.3 is 5.97 Å². The molecule has 1 saturated heterocycles. The van der Waals surface area contributed by atoms with E-state index in [0.29, 0.717) is 13.1 Å². The minimum absolute atomic E-state index is 0.327. The lowest BCUT2D eigenvalue weighted by molar-refractivity contribution is -0.141. The third-order valence-electron chi connectivity index (χ3n) is 3.83. The molecule has 1 aromatic rings. The first-order chi connectivity index (χ1) is 8.99. The van der Waals surface area contributed by atoms with Gasteiger partial charge in [0, 0.05) is 31.9 Å². The fraction of sp³-hybridized carbons (Fsp3) is 0.533. The summed E-state index contributed by atoms with van der Waals surface area (Å²) in [5.41, 5.74) is 3.63. The molecule has 0 spiro atoms. The lowest BCUT2D eigenvalue weighted by Gasteiger charge is -2.27. The van der Waals surface area contributed by atoms with Crippen LogP contribution >= 0.6 is 0 Å². The number of hydrogen-bond acceptors (Lipinski definition) is 3. The van der Waals surface area contributed by atoms with Crippen molar-refractivity contribution in [1.29, 1.82) is 0 Å². The Bertz CT molecular complexity index is 453. The summed E-state index contributed by atoms with van der Waals surface area (Å²) in [6.07, 6.45) is 0. The van der Waals surface area contributed by atoms with Crippen LogP contribution in [0.25, 0.3) is 0 Å². The monoisotopic (exact) mass is 262 g/mol. The van der Waals surface area contributed by atoms with Gasteiger partial charge in [0.1, 0.15) is 0 Å². The molecule has 4 nitrogen and oxygen atoms in total. The summed E-state index contributed by atoms with van der Waals surface area (Å²) in [5.74, 6) is -1.03. The number of nitrogens with zero attached hydrogens (tertiary/aromatic N) is 2. The number of anilines is 1. The van der Waals surface area contributed by atoms with Gasteiger partial charge in [0.05, 0.1) is 5.92 Å². The largest absolute Gasteiger partial charge is 0.481 e. The zero-order chi connectivity index (χ0) is 14.0. The van der Waals surface area contributed by atoms with Gasteiger partial charge in [0.15, 0.2) is 0 Å². The van der Waals surface area contributed by atoms with Gasteiger partial charge in [-0.2, -0.15) is 0 Å². The van der Waals surface area contributed by atoms with Crippen molar-refractivity contribution in [2.24, 2.45) is 5.92 Å². The average Bonchev–Trinajstić information content (AvgIpc) is 2.52. The first-order valence-corrected chi connectivity index (χ1v) is 6.71. The Morgan fingerprint density at radius 1 is 1.21 bits per heavy atom. The van der Waals surface area contributed by atoms with E-state index in [4.69, 9.17) is 0 Å². The first-order valence-electron chi connectivity index (χ1n) is 6.71. The average molecular weight is 262 g/mol. The van der Waals surface area contributed by atoms with Gasteiger partial charge in [0.2, 0.25) is 0 Å². The topological polar surface area (TPSA) is 43.8 Å². The van der Waals surface area contributed by atoms with Crippen LogP contribution in [-0.4, -0.2) is 49.2 Å². The van der Waals surface area contributed by atoms with Crippen molar-refractivity contribution in [2.75, 3.05) is 38.1 Å². The van der Waals surface area contributed by atoms with Gasteiger partial charge in [-0.25, -0.2) is 0 Å². The standard InChI is InChI=1S/C15H22N2O2/c1-11-5-4-6-12(2)14(11)17-8-7-16(3)9-13(10-17)15(18)19/h4-6,13H,7-10H2,1-3H3,(H,18,19). The minimum atomic E-state index is -0.704. The van der Waals surface area contributed by atoms with Crippen molar-refractivity contribution in [3.05, 3.63) is 29.3 Å². The van der Waals surface area contributed by atoms with Crippen LogP contribution in [0.1, 0.15) is 11.1 Å². The molecule has 1 aromatic carbocycles. The predicted octanol–water partition coefficient (Wildman–Crippen LogP) is 1.76. The van der Waals surface area contributed by atoms with E-state index in [1.807, 2.05) is 13.1 Å². The molecule has 0 bridgehead atoms. The Morgan fingerprint density at radius 2 is 1.84 bits per heavy atom. The molecule has 1 fully saturated rings. The van der Waals surface area contributed by atoms with E-state index < -0.39 is 5.97 Å². The van der Waals surface area contributed by atoms with Gasteiger partial charge in [0.25, 0.3) is 0 Å². The highest BCUT2D eigenvalue weighted by Crippen LogP contribution is 2.26. The number of aryl methyl sites for hydroxylation is 2. The molecule has 0 amide bonds. The molecular weight excluding hydrogens is 240 g/mol. The summed E-state index contributed by atoms with van der Waals surface area (Å²) in [7, 11) is 1.99. The van der Waals surface area contributed by atoms with Crippen LogP contribution in [0.3, 0.4) is 0 Å². The summed E-state index contributed by atoms with van der Waals surface area (Å²) >= 11 is 0. The summed E-state index contributed by atoms with van der Waals surface area (Å²) in [6, 6.07) is 6.23. The maximum atomic E-state index is 11.3. The summed E-state index contributed by atoms with van der Waals surface area (Å²) in [6.45, 7) is 7.17. The molecule has 1 aliphatic rings. The molecule has 1 heterocycles. The van der Waals surface area contributed by atoms with Crippen molar-refractivity contribution < 1.29 is 9.90 Å². The zero-order valence-corrected chi connectivity index (χ0v) is 11.9. The first kappa shape index (κ1) is 13.9. The van der Waals surface area contributed by atoms with E-state index in [1.165, 1.54) is 16.8 Å². The molecule has 19 heavy (non-hydrogen) atoms. The number of benzene rings is 1. The summed E-state index contributed by atoms with van der Waals surface area (Å²) < 4.78 is 0. The molecule has 104 valence electrons. The van der Waals surface area contributed by atoms with Gasteiger partial charge in [-0.15, -0.1) is 0 Å². The second-order valence-corrected chi connectivity index (χ2v) is 5.48. The smallest absolute Gasteiger partial charge is 0.309 e. The molecule has 0 aliphatic carbocycles. The maximum Gasteiger partial charge on any atom is 0.309 e. The highest BCUT2D eigenvalue weighted by atomic mass is 16.4. The number of likely N-dealkylation sites (N-methyl/N-ethyl adjacent to an activating group) is 1. The lowest BCUT2D eigenvalue weighted by atomic mass is 10.1. The molecule has 0 radical (unpaired) electrons. The summed E-state index contributed by atoms with van der Waals surface area (Å²) in [4.78, 5) is 15.7. The van der Waals surface area contributed by atoms with E-state index in [9.17, 15) is 9.90 Å². The van der Waals surface area contributed by atoms with Crippen molar-refractivity contribution in [3.63, 3.8) is 0 Å². The molecule has 1 aliphatic heterocycles. The van der Waals surface area contributed by atoms with Crippen LogP contribution in [0.5, 0.6) is 0 Å². The number of hydrogen-bond donors (Lipinski definition) is 1. The number of carboxylic acids is 1. The Balaban J connectivity index is 2.30. The fourth-order valence-electron chi connectivity index (χ4n) is 2.84. The van der Waals surface area contributed by atoms with Crippen molar-refractivity contribution in [1.82, 2.24) is 4.90 Å². The number of carbonyl (C=O) groups is 1. The lowest BCUT2D eigenvalue weighted by Crippen LogP contribution is -2.34. The van der Waals surface area contributed by atoms with Gasteiger partial charge in [-0.3, -0.25) is 4.79 Å². The van der Waals surface area contributed by atoms with Crippen LogP contribution in [-0.2, 0) is 4.79 Å². The van der Waals surface area contributed by atoms with Crippen molar-refractivity contribution in [3.8, 4) is 0 Å². The molecule has 1 atom stereocenters. The van der Waals surface area contributed by atoms with E-state index in [1.54, 1.807) is 0 Å². The van der Waals surface area contributed by atoms with Crippen molar-refractivity contribution >= 4 is 11.7 Å². The molecular formula is C15H22N2O2. The Hall–Kier alpha value is -1.55.